The molecule has 0 unspecified atom stereocenters. The van der Waals surface area contributed by atoms with Crippen LogP contribution in [-0.2, 0) is 4.84 Å². The minimum Gasteiger partial charge on any atom is -0.361 e. The van der Waals surface area contributed by atoms with E-state index >= 15 is 0 Å². The van der Waals surface area contributed by atoms with Crippen molar-refractivity contribution in [2.75, 3.05) is 6.61 Å². The summed E-state index contributed by atoms with van der Waals surface area (Å²) in [5.74, 6) is 0. The molecule has 0 amide bonds. The topological polar surface area (TPSA) is 38.7 Å². The lowest BCUT2D eigenvalue weighted by molar-refractivity contribution is 0.129. The standard InChI is InChI=1S/C9H17Cl2NO2/c1-2-3-4-5-6-7-9(10,11)8-14-12-13/h2-8H2,1H3. The van der Waals surface area contributed by atoms with Crippen molar-refractivity contribution in [3.05, 3.63) is 4.91 Å². The molecule has 0 saturated carbocycles. The van der Waals surface area contributed by atoms with Gasteiger partial charge in [0.1, 0.15) is 0 Å². The first kappa shape index (κ1) is 14.0. The van der Waals surface area contributed by atoms with Crippen molar-refractivity contribution in [1.82, 2.24) is 0 Å². The fourth-order valence-electron chi connectivity index (χ4n) is 1.18. The molecule has 0 aliphatic heterocycles. The Morgan fingerprint density at radius 2 is 1.86 bits per heavy atom. The van der Waals surface area contributed by atoms with E-state index in [1.54, 1.807) is 0 Å². The van der Waals surface area contributed by atoms with Crippen molar-refractivity contribution in [2.24, 2.45) is 5.34 Å². The van der Waals surface area contributed by atoms with Crippen LogP contribution in [0.4, 0.5) is 0 Å². The van der Waals surface area contributed by atoms with Gasteiger partial charge in [0, 0.05) is 0 Å². The Balaban J connectivity index is 3.39. The summed E-state index contributed by atoms with van der Waals surface area (Å²) in [6.07, 6.45) is 6.36. The maximum atomic E-state index is 9.68. The van der Waals surface area contributed by atoms with Crippen molar-refractivity contribution in [3.8, 4) is 0 Å². The van der Waals surface area contributed by atoms with E-state index in [1.165, 1.54) is 19.3 Å². The summed E-state index contributed by atoms with van der Waals surface area (Å²) < 4.78 is -0.972. The quantitative estimate of drug-likeness (QED) is 0.263. The Hall–Kier alpha value is -0.0200. The molecule has 0 N–H and O–H groups in total. The third-order valence-corrected chi connectivity index (χ3v) is 2.57. The monoisotopic (exact) mass is 241 g/mol. The van der Waals surface area contributed by atoms with Crippen LogP contribution >= 0.6 is 23.2 Å². The number of halogens is 2. The zero-order valence-corrected chi connectivity index (χ0v) is 9.98. The minimum absolute atomic E-state index is 0.0343. The van der Waals surface area contributed by atoms with E-state index in [2.05, 4.69) is 17.1 Å². The predicted octanol–water partition coefficient (Wildman–Crippen LogP) is 4.22. The summed E-state index contributed by atoms with van der Waals surface area (Å²) in [7, 11) is 0. The number of unbranched alkanes of at least 4 members (excludes halogenated alkanes) is 4. The van der Waals surface area contributed by atoms with Gasteiger partial charge in [-0.05, 0) is 6.42 Å². The Kier molecular flexibility index (Phi) is 8.29. The third-order valence-electron chi connectivity index (χ3n) is 1.97. The van der Waals surface area contributed by atoms with E-state index < -0.39 is 4.33 Å². The second kappa shape index (κ2) is 8.30. The first-order chi connectivity index (χ1) is 6.62. The molecule has 0 aromatic carbocycles. The average molecular weight is 242 g/mol. The van der Waals surface area contributed by atoms with Crippen LogP contribution in [0.1, 0.15) is 45.4 Å². The molecule has 0 radical (unpaired) electrons. The maximum Gasteiger partial charge on any atom is 0.155 e. The van der Waals surface area contributed by atoms with Gasteiger partial charge in [-0.1, -0.05) is 62.2 Å². The zero-order valence-electron chi connectivity index (χ0n) is 8.47. The van der Waals surface area contributed by atoms with Gasteiger partial charge in [-0.25, -0.2) is 0 Å². The van der Waals surface area contributed by atoms with Gasteiger partial charge in [-0.15, -0.1) is 4.91 Å². The van der Waals surface area contributed by atoms with E-state index in [0.717, 1.165) is 12.8 Å². The van der Waals surface area contributed by atoms with Crippen LogP contribution in [-0.4, -0.2) is 10.9 Å². The van der Waals surface area contributed by atoms with Gasteiger partial charge in [0.05, 0.1) is 0 Å². The van der Waals surface area contributed by atoms with Crippen LogP contribution in [0.5, 0.6) is 0 Å². The summed E-state index contributed by atoms with van der Waals surface area (Å²) in [5, 5.41) is 2.26. The maximum absolute atomic E-state index is 9.68. The van der Waals surface area contributed by atoms with Gasteiger partial charge >= 0.3 is 0 Å². The van der Waals surface area contributed by atoms with Crippen LogP contribution in [0.2, 0.25) is 0 Å². The lowest BCUT2D eigenvalue weighted by atomic mass is 10.1. The fourth-order valence-corrected chi connectivity index (χ4v) is 1.54. The van der Waals surface area contributed by atoms with E-state index in [-0.39, 0.29) is 6.61 Å². The van der Waals surface area contributed by atoms with Crippen LogP contribution in [0.15, 0.2) is 5.34 Å². The van der Waals surface area contributed by atoms with E-state index in [4.69, 9.17) is 23.2 Å². The summed E-state index contributed by atoms with van der Waals surface area (Å²) >= 11 is 11.7. The highest BCUT2D eigenvalue weighted by Gasteiger charge is 2.24. The summed E-state index contributed by atoms with van der Waals surface area (Å²) in [5.41, 5.74) is 0. The number of rotatable bonds is 9. The molecule has 84 valence electrons. The lowest BCUT2D eigenvalue weighted by Gasteiger charge is -2.16. The molecule has 0 heterocycles. The molecule has 0 fully saturated rings. The van der Waals surface area contributed by atoms with Crippen molar-refractivity contribution in [2.45, 2.75) is 49.8 Å². The molecular weight excluding hydrogens is 225 g/mol. The molecule has 14 heavy (non-hydrogen) atoms. The van der Waals surface area contributed by atoms with Crippen molar-refractivity contribution >= 4 is 23.2 Å². The second-order valence-corrected chi connectivity index (χ2v) is 5.01. The Morgan fingerprint density at radius 3 is 2.43 bits per heavy atom. The third kappa shape index (κ3) is 8.57. The largest absolute Gasteiger partial charge is 0.361 e. The molecule has 0 aliphatic carbocycles. The Labute approximate surface area is 95.0 Å². The number of alkyl halides is 2. The highest BCUT2D eigenvalue weighted by Crippen LogP contribution is 2.28. The molecular formula is C9H17Cl2NO2. The smallest absolute Gasteiger partial charge is 0.155 e. The normalized spacial score (nSPS) is 11.4. The number of hydrogen-bond donors (Lipinski definition) is 0. The molecule has 0 bridgehead atoms. The van der Waals surface area contributed by atoms with Crippen LogP contribution in [0.3, 0.4) is 0 Å². The zero-order chi connectivity index (χ0) is 10.9. The molecule has 0 aliphatic rings. The SMILES string of the molecule is CCCCCCCC(Cl)(Cl)CON=O. The highest BCUT2D eigenvalue weighted by atomic mass is 35.5. The van der Waals surface area contributed by atoms with Gasteiger partial charge < -0.3 is 4.84 Å². The summed E-state index contributed by atoms with van der Waals surface area (Å²) in [6, 6.07) is 0. The molecule has 0 atom stereocenters. The van der Waals surface area contributed by atoms with E-state index in [0.29, 0.717) is 6.42 Å². The van der Waals surface area contributed by atoms with E-state index in [9.17, 15) is 4.91 Å². The Morgan fingerprint density at radius 1 is 1.21 bits per heavy atom. The molecule has 5 heteroatoms. The highest BCUT2D eigenvalue weighted by molar-refractivity contribution is 6.48. The molecule has 0 spiro atoms. The van der Waals surface area contributed by atoms with Crippen molar-refractivity contribution < 1.29 is 4.84 Å². The number of hydrogen-bond acceptors (Lipinski definition) is 3. The first-order valence-electron chi connectivity index (χ1n) is 4.95. The fraction of sp³-hybridized carbons (Fsp3) is 1.00. The van der Waals surface area contributed by atoms with Gasteiger partial charge in [0.25, 0.3) is 0 Å². The lowest BCUT2D eigenvalue weighted by Crippen LogP contribution is -2.19. The Bertz CT molecular complexity index is 154. The van der Waals surface area contributed by atoms with Gasteiger partial charge in [-0.3, -0.25) is 0 Å². The van der Waals surface area contributed by atoms with Gasteiger partial charge in [-0.2, -0.15) is 0 Å². The van der Waals surface area contributed by atoms with Gasteiger partial charge in [0.2, 0.25) is 0 Å². The number of nitrogens with zero attached hydrogens (tertiary/aromatic N) is 1. The molecule has 0 aromatic rings. The first-order valence-corrected chi connectivity index (χ1v) is 5.70. The van der Waals surface area contributed by atoms with Crippen molar-refractivity contribution in [1.29, 1.82) is 0 Å². The summed E-state index contributed by atoms with van der Waals surface area (Å²) in [6.45, 7) is 2.13. The predicted molar refractivity (Wildman–Crippen MR) is 59.6 cm³/mol. The van der Waals surface area contributed by atoms with Crippen LogP contribution in [0, 0.1) is 4.91 Å². The minimum atomic E-state index is -0.972. The molecule has 3 nitrogen and oxygen atoms in total. The van der Waals surface area contributed by atoms with Crippen LogP contribution in [0.25, 0.3) is 0 Å². The van der Waals surface area contributed by atoms with E-state index in [1.807, 2.05) is 0 Å². The second-order valence-electron chi connectivity index (χ2n) is 3.37. The molecule has 0 aromatic heterocycles. The molecule has 0 saturated heterocycles. The molecule has 0 rings (SSSR count). The average Bonchev–Trinajstić information content (AvgIpc) is 2.15. The van der Waals surface area contributed by atoms with Crippen molar-refractivity contribution in [3.63, 3.8) is 0 Å². The summed E-state index contributed by atoms with van der Waals surface area (Å²) in [4.78, 5) is 14.0. The van der Waals surface area contributed by atoms with Gasteiger partial charge in [0.15, 0.2) is 16.3 Å². The van der Waals surface area contributed by atoms with Crippen LogP contribution < -0.4 is 0 Å².